The summed E-state index contributed by atoms with van der Waals surface area (Å²) < 4.78 is 0. The van der Waals surface area contributed by atoms with Crippen LogP contribution in [0.5, 0.6) is 0 Å². The highest BCUT2D eigenvalue weighted by Crippen LogP contribution is 2.50. The van der Waals surface area contributed by atoms with Crippen LogP contribution in [0.2, 0.25) is 0 Å². The highest BCUT2D eigenvalue weighted by molar-refractivity contribution is 6.09. The lowest BCUT2D eigenvalue weighted by atomic mass is 10.0. The number of allylic oxidation sites excluding steroid dienone is 1. The molecule has 0 saturated heterocycles. The SMILES string of the molecule is CC[C@H]1C[C@@H]1c1cc(C2=CNCN=C2)nnc1C. The largest absolute Gasteiger partial charge is 0.372 e. The molecule has 2 aliphatic rings. The second-order valence-electron chi connectivity index (χ2n) is 5.05. The van der Waals surface area contributed by atoms with Crippen LogP contribution in [0.25, 0.3) is 5.57 Å². The molecule has 2 atom stereocenters. The summed E-state index contributed by atoms with van der Waals surface area (Å²) in [4.78, 5) is 4.21. The molecule has 2 heterocycles. The van der Waals surface area contributed by atoms with Crippen LogP contribution in [0.3, 0.4) is 0 Å². The summed E-state index contributed by atoms with van der Waals surface area (Å²) in [6.45, 7) is 4.96. The summed E-state index contributed by atoms with van der Waals surface area (Å²) in [5.41, 5.74) is 4.38. The monoisotopic (exact) mass is 242 g/mol. The number of aliphatic imine (C=N–C) groups is 1. The quantitative estimate of drug-likeness (QED) is 0.884. The average molecular weight is 242 g/mol. The van der Waals surface area contributed by atoms with Crippen molar-refractivity contribution in [2.24, 2.45) is 10.9 Å². The Morgan fingerprint density at radius 2 is 2.28 bits per heavy atom. The van der Waals surface area contributed by atoms with Gasteiger partial charge in [-0.25, -0.2) is 0 Å². The Morgan fingerprint density at radius 1 is 1.39 bits per heavy atom. The fourth-order valence-electron chi connectivity index (χ4n) is 2.59. The third-order valence-corrected chi connectivity index (χ3v) is 3.83. The normalized spacial score (nSPS) is 25.6. The van der Waals surface area contributed by atoms with Crippen LogP contribution in [0.15, 0.2) is 17.3 Å². The molecule has 3 rings (SSSR count). The number of hydrogen-bond donors (Lipinski definition) is 1. The van der Waals surface area contributed by atoms with Gasteiger partial charge in [-0.3, -0.25) is 4.99 Å². The van der Waals surface area contributed by atoms with Crippen LogP contribution >= 0.6 is 0 Å². The molecular weight excluding hydrogens is 224 g/mol. The average Bonchev–Trinajstić information content (AvgIpc) is 3.20. The molecule has 1 aliphatic carbocycles. The lowest BCUT2D eigenvalue weighted by Gasteiger charge is -2.10. The Bertz CT molecular complexity index is 519. The number of rotatable bonds is 3. The summed E-state index contributed by atoms with van der Waals surface area (Å²) >= 11 is 0. The molecular formula is C14H18N4. The van der Waals surface area contributed by atoms with E-state index in [1.807, 2.05) is 12.4 Å². The standard InChI is InChI=1S/C14H18N4/c1-3-10-4-13(10)12-5-14(18-17-9(12)2)11-6-15-8-16-7-11/h5-7,10,13,15H,3-4,8H2,1-2H3/t10-,13-/m0/s1. The van der Waals surface area contributed by atoms with Crippen LogP contribution in [0.4, 0.5) is 0 Å². The lowest BCUT2D eigenvalue weighted by molar-refractivity contribution is 0.757. The minimum Gasteiger partial charge on any atom is -0.372 e. The zero-order valence-electron chi connectivity index (χ0n) is 10.8. The molecule has 1 N–H and O–H groups in total. The first-order valence-corrected chi connectivity index (χ1v) is 6.57. The van der Waals surface area contributed by atoms with Gasteiger partial charge in [0.25, 0.3) is 0 Å². The van der Waals surface area contributed by atoms with Gasteiger partial charge in [0.1, 0.15) is 6.67 Å². The van der Waals surface area contributed by atoms with Crippen LogP contribution in [0, 0.1) is 12.8 Å². The topological polar surface area (TPSA) is 50.2 Å². The maximum Gasteiger partial charge on any atom is 0.107 e. The molecule has 0 spiro atoms. The van der Waals surface area contributed by atoms with Gasteiger partial charge in [-0.2, -0.15) is 10.2 Å². The Hall–Kier alpha value is -1.71. The third kappa shape index (κ3) is 2.03. The zero-order chi connectivity index (χ0) is 12.5. The highest BCUT2D eigenvalue weighted by Gasteiger charge is 2.38. The van der Waals surface area contributed by atoms with Gasteiger partial charge in [-0.15, -0.1) is 0 Å². The molecule has 4 heteroatoms. The Balaban J connectivity index is 1.91. The molecule has 1 aromatic heterocycles. The maximum absolute atomic E-state index is 4.30. The summed E-state index contributed by atoms with van der Waals surface area (Å²) in [6, 6.07) is 2.19. The summed E-state index contributed by atoms with van der Waals surface area (Å²) in [5.74, 6) is 1.53. The van der Waals surface area contributed by atoms with Crippen molar-refractivity contribution in [1.82, 2.24) is 15.5 Å². The van der Waals surface area contributed by atoms with Crippen LogP contribution in [0.1, 0.15) is 42.6 Å². The fourth-order valence-corrected chi connectivity index (χ4v) is 2.59. The smallest absolute Gasteiger partial charge is 0.107 e. The van der Waals surface area contributed by atoms with Gasteiger partial charge >= 0.3 is 0 Å². The molecule has 1 aromatic rings. The molecule has 1 fully saturated rings. The number of nitrogens with one attached hydrogen (secondary N) is 1. The van der Waals surface area contributed by atoms with E-state index < -0.39 is 0 Å². The van der Waals surface area contributed by atoms with E-state index in [0.29, 0.717) is 12.6 Å². The maximum atomic E-state index is 4.30. The van der Waals surface area contributed by atoms with Crippen molar-refractivity contribution in [2.45, 2.75) is 32.6 Å². The van der Waals surface area contributed by atoms with Crippen molar-refractivity contribution in [3.05, 3.63) is 29.2 Å². The van der Waals surface area contributed by atoms with Crippen molar-refractivity contribution < 1.29 is 0 Å². The first kappa shape index (κ1) is 11.4. The second-order valence-corrected chi connectivity index (χ2v) is 5.05. The van der Waals surface area contributed by atoms with Crippen molar-refractivity contribution in [3.8, 4) is 0 Å². The summed E-state index contributed by atoms with van der Waals surface area (Å²) in [5, 5.41) is 11.7. The molecule has 18 heavy (non-hydrogen) atoms. The molecule has 0 bridgehead atoms. The van der Waals surface area contributed by atoms with E-state index in [9.17, 15) is 0 Å². The van der Waals surface area contributed by atoms with Gasteiger partial charge in [0.15, 0.2) is 0 Å². The van der Waals surface area contributed by atoms with Gasteiger partial charge in [0.05, 0.1) is 11.4 Å². The Kier molecular flexibility index (Phi) is 2.86. The molecule has 0 amide bonds. The predicted octanol–water partition coefficient (Wildman–Crippen LogP) is 2.27. The number of nitrogens with zero attached hydrogens (tertiary/aromatic N) is 3. The predicted molar refractivity (Wildman–Crippen MR) is 72.4 cm³/mol. The third-order valence-electron chi connectivity index (χ3n) is 3.83. The van der Waals surface area contributed by atoms with Gasteiger partial charge in [0.2, 0.25) is 0 Å². The first-order chi connectivity index (χ1) is 8.79. The van der Waals surface area contributed by atoms with Gasteiger partial charge in [-0.1, -0.05) is 13.3 Å². The molecule has 94 valence electrons. The zero-order valence-corrected chi connectivity index (χ0v) is 10.8. The summed E-state index contributed by atoms with van der Waals surface area (Å²) in [6.07, 6.45) is 6.38. The molecule has 0 aromatic carbocycles. The molecule has 4 nitrogen and oxygen atoms in total. The minimum absolute atomic E-state index is 0.649. The van der Waals surface area contributed by atoms with Gasteiger partial charge in [0, 0.05) is 18.0 Å². The van der Waals surface area contributed by atoms with E-state index in [1.165, 1.54) is 18.4 Å². The lowest BCUT2D eigenvalue weighted by Crippen LogP contribution is -2.12. The molecule has 0 radical (unpaired) electrons. The molecule has 0 unspecified atom stereocenters. The number of hydrogen-bond acceptors (Lipinski definition) is 4. The van der Waals surface area contributed by atoms with E-state index in [1.54, 1.807) is 0 Å². The Morgan fingerprint density at radius 3 is 2.94 bits per heavy atom. The fraction of sp³-hybridized carbons (Fsp3) is 0.500. The number of aromatic nitrogens is 2. The highest BCUT2D eigenvalue weighted by atomic mass is 15.1. The van der Waals surface area contributed by atoms with Crippen molar-refractivity contribution in [3.63, 3.8) is 0 Å². The summed E-state index contributed by atoms with van der Waals surface area (Å²) in [7, 11) is 0. The van der Waals surface area contributed by atoms with E-state index in [4.69, 9.17) is 0 Å². The van der Waals surface area contributed by atoms with Gasteiger partial charge in [-0.05, 0) is 36.8 Å². The molecule has 1 saturated carbocycles. The molecule has 1 aliphatic heterocycles. The first-order valence-electron chi connectivity index (χ1n) is 6.57. The van der Waals surface area contributed by atoms with E-state index >= 15 is 0 Å². The van der Waals surface area contributed by atoms with Gasteiger partial charge < -0.3 is 5.32 Å². The number of aryl methyl sites for hydroxylation is 1. The van der Waals surface area contributed by atoms with Crippen molar-refractivity contribution in [1.29, 1.82) is 0 Å². The minimum atomic E-state index is 0.649. The van der Waals surface area contributed by atoms with Crippen LogP contribution < -0.4 is 5.32 Å². The second kappa shape index (κ2) is 4.52. The van der Waals surface area contributed by atoms with E-state index in [-0.39, 0.29) is 0 Å². The Labute approximate surface area is 107 Å². The van der Waals surface area contributed by atoms with Crippen LogP contribution in [-0.4, -0.2) is 23.1 Å². The van der Waals surface area contributed by atoms with Crippen LogP contribution in [-0.2, 0) is 0 Å². The van der Waals surface area contributed by atoms with Crippen molar-refractivity contribution >= 4 is 11.8 Å². The van der Waals surface area contributed by atoms with E-state index in [2.05, 4.69) is 40.4 Å². The van der Waals surface area contributed by atoms with E-state index in [0.717, 1.165) is 22.9 Å². The van der Waals surface area contributed by atoms with Crippen molar-refractivity contribution in [2.75, 3.05) is 6.67 Å².